The van der Waals surface area contributed by atoms with Gasteiger partial charge in [0.2, 0.25) is 5.91 Å². The fourth-order valence-electron chi connectivity index (χ4n) is 4.12. The molecule has 2 aliphatic rings. The van der Waals surface area contributed by atoms with Crippen LogP contribution in [0.3, 0.4) is 0 Å². The minimum absolute atomic E-state index is 0.0584. The molecule has 3 unspecified atom stereocenters. The summed E-state index contributed by atoms with van der Waals surface area (Å²) < 4.78 is 20.4. The van der Waals surface area contributed by atoms with E-state index in [-0.39, 0.29) is 18.3 Å². The number of carbonyl (C=O) groups excluding carboxylic acids is 2. The van der Waals surface area contributed by atoms with Crippen molar-refractivity contribution in [3.8, 4) is 0 Å². The van der Waals surface area contributed by atoms with Crippen molar-refractivity contribution in [1.29, 1.82) is 0 Å². The van der Waals surface area contributed by atoms with E-state index in [4.69, 9.17) is 4.74 Å². The Kier molecular flexibility index (Phi) is 7.27. The molecule has 1 N–H and O–H groups in total. The van der Waals surface area contributed by atoms with Gasteiger partial charge in [-0.15, -0.1) is 0 Å². The van der Waals surface area contributed by atoms with Crippen molar-refractivity contribution in [2.45, 2.75) is 57.7 Å². The lowest BCUT2D eigenvalue weighted by atomic mass is 10.2. The lowest BCUT2D eigenvalue weighted by Gasteiger charge is -2.31. The topological polar surface area (TPSA) is 61.9 Å². The van der Waals surface area contributed by atoms with E-state index in [0.717, 1.165) is 25.0 Å². The molecule has 2 aliphatic heterocycles. The summed E-state index contributed by atoms with van der Waals surface area (Å²) in [6.07, 6.45) is 4.45. The smallest absolute Gasteiger partial charge is 0.414 e. The molecule has 0 saturated carbocycles. The van der Waals surface area contributed by atoms with Crippen LogP contribution >= 0.6 is 11.8 Å². The van der Waals surface area contributed by atoms with Crippen molar-refractivity contribution >= 4 is 35.1 Å². The predicted molar refractivity (Wildman–Crippen MR) is 115 cm³/mol. The number of hydrogen-bond donors (Lipinski definition) is 1. The van der Waals surface area contributed by atoms with Gasteiger partial charge < -0.3 is 15.0 Å². The third-order valence-corrected chi connectivity index (χ3v) is 6.26. The van der Waals surface area contributed by atoms with Crippen LogP contribution in [-0.2, 0) is 9.53 Å². The lowest BCUT2D eigenvalue weighted by molar-refractivity contribution is -0.121. The Hall–Kier alpha value is -1.96. The van der Waals surface area contributed by atoms with Gasteiger partial charge in [0.25, 0.3) is 0 Å². The van der Waals surface area contributed by atoms with Gasteiger partial charge in [-0.3, -0.25) is 9.69 Å². The zero-order valence-electron chi connectivity index (χ0n) is 17.3. The second-order valence-corrected chi connectivity index (χ2v) is 8.66. The molecule has 2 fully saturated rings. The summed E-state index contributed by atoms with van der Waals surface area (Å²) in [7, 11) is 0. The fourth-order valence-corrected chi connectivity index (χ4v) is 4.83. The standard InChI is InChI=1S/C21H30FN3O3S/c1-4-5-20(26)23-11-17-12-24(21(27)28-17)15-8-9-19(18(22)10-15)25-14(2)6-7-16(25)13-29-3/h8-10,14,16-17H,4-7,11-13H2,1-3H3,(H,23,26). The Morgan fingerprint density at radius 3 is 2.86 bits per heavy atom. The first kappa shape index (κ1) is 21.7. The Morgan fingerprint density at radius 2 is 2.17 bits per heavy atom. The van der Waals surface area contributed by atoms with Gasteiger partial charge in [0.05, 0.1) is 24.5 Å². The lowest BCUT2D eigenvalue weighted by Crippen LogP contribution is -2.37. The first-order chi connectivity index (χ1) is 13.9. The summed E-state index contributed by atoms with van der Waals surface area (Å²) in [5.41, 5.74) is 1.07. The molecule has 6 nitrogen and oxygen atoms in total. The maximum Gasteiger partial charge on any atom is 0.414 e. The second-order valence-electron chi connectivity index (χ2n) is 7.75. The van der Waals surface area contributed by atoms with Crippen LogP contribution in [-0.4, -0.2) is 55.3 Å². The second kappa shape index (κ2) is 9.69. The molecule has 29 heavy (non-hydrogen) atoms. The van der Waals surface area contributed by atoms with Crippen LogP contribution in [0.4, 0.5) is 20.6 Å². The number of hydrogen-bond acceptors (Lipinski definition) is 5. The van der Waals surface area contributed by atoms with Crippen LogP contribution < -0.4 is 15.1 Å². The largest absolute Gasteiger partial charge is 0.442 e. The average molecular weight is 424 g/mol. The number of halogens is 1. The number of thioether (sulfide) groups is 1. The molecular weight excluding hydrogens is 393 g/mol. The van der Waals surface area contributed by atoms with Crippen LogP contribution in [0.2, 0.25) is 0 Å². The minimum Gasteiger partial charge on any atom is -0.442 e. The average Bonchev–Trinajstić information content (AvgIpc) is 3.23. The normalized spacial score (nSPS) is 24.1. The molecule has 0 bridgehead atoms. The van der Waals surface area contributed by atoms with E-state index in [0.29, 0.717) is 36.4 Å². The van der Waals surface area contributed by atoms with E-state index in [1.54, 1.807) is 23.9 Å². The van der Waals surface area contributed by atoms with Crippen LogP contribution in [0, 0.1) is 5.82 Å². The Morgan fingerprint density at radius 1 is 1.38 bits per heavy atom. The van der Waals surface area contributed by atoms with Crippen LogP contribution in [0.5, 0.6) is 0 Å². The molecule has 0 aromatic heterocycles. The number of cyclic esters (lactones) is 1. The number of nitrogens with zero attached hydrogens (tertiary/aromatic N) is 2. The van der Waals surface area contributed by atoms with Gasteiger partial charge in [0.1, 0.15) is 11.9 Å². The van der Waals surface area contributed by atoms with Gasteiger partial charge in [-0.05, 0) is 50.6 Å². The van der Waals surface area contributed by atoms with E-state index in [1.807, 2.05) is 6.92 Å². The van der Waals surface area contributed by atoms with Crippen molar-refractivity contribution in [3.63, 3.8) is 0 Å². The summed E-state index contributed by atoms with van der Waals surface area (Å²) in [5.74, 6) is 0.585. The molecule has 3 atom stereocenters. The highest BCUT2D eigenvalue weighted by Gasteiger charge is 2.35. The maximum atomic E-state index is 15.0. The number of rotatable bonds is 8. The molecule has 2 saturated heterocycles. The van der Waals surface area contributed by atoms with Gasteiger partial charge in [-0.25, -0.2) is 9.18 Å². The summed E-state index contributed by atoms with van der Waals surface area (Å²) in [6.45, 7) is 4.62. The van der Waals surface area contributed by atoms with E-state index < -0.39 is 12.2 Å². The monoisotopic (exact) mass is 423 g/mol. The summed E-state index contributed by atoms with van der Waals surface area (Å²) in [5, 5.41) is 2.77. The summed E-state index contributed by atoms with van der Waals surface area (Å²) in [4.78, 5) is 27.5. The molecule has 8 heteroatoms. The van der Waals surface area contributed by atoms with Crippen molar-refractivity contribution < 1.29 is 18.7 Å². The zero-order valence-corrected chi connectivity index (χ0v) is 18.1. The quantitative estimate of drug-likeness (QED) is 0.689. The van der Waals surface area contributed by atoms with Crippen LogP contribution in [0.15, 0.2) is 18.2 Å². The fraction of sp³-hybridized carbons (Fsp3) is 0.619. The molecule has 160 valence electrons. The molecule has 0 aliphatic carbocycles. The molecule has 0 radical (unpaired) electrons. The SMILES string of the molecule is CCCC(=O)NCC1CN(c2ccc(N3C(C)CCC3CSC)c(F)c2)C(=O)O1. The first-order valence-electron chi connectivity index (χ1n) is 10.3. The Balaban J connectivity index is 1.68. The third kappa shape index (κ3) is 4.97. The molecule has 1 aromatic rings. The molecule has 2 amide bonds. The number of amides is 2. The van der Waals surface area contributed by atoms with Gasteiger partial charge >= 0.3 is 6.09 Å². The first-order valence-corrected chi connectivity index (χ1v) is 11.7. The van der Waals surface area contributed by atoms with E-state index >= 15 is 4.39 Å². The van der Waals surface area contributed by atoms with E-state index in [1.165, 1.54) is 11.0 Å². The zero-order chi connectivity index (χ0) is 21.0. The highest BCUT2D eigenvalue weighted by molar-refractivity contribution is 7.98. The van der Waals surface area contributed by atoms with Crippen molar-refractivity contribution in [1.82, 2.24) is 5.32 Å². The van der Waals surface area contributed by atoms with Gasteiger partial charge in [0, 0.05) is 24.3 Å². The van der Waals surface area contributed by atoms with Crippen molar-refractivity contribution in [2.24, 2.45) is 0 Å². The molecule has 3 rings (SSSR count). The van der Waals surface area contributed by atoms with Crippen LogP contribution in [0.1, 0.15) is 39.5 Å². The van der Waals surface area contributed by atoms with Crippen molar-refractivity contribution in [3.05, 3.63) is 24.0 Å². The number of anilines is 2. The number of benzene rings is 1. The van der Waals surface area contributed by atoms with Gasteiger partial charge in [-0.1, -0.05) is 6.92 Å². The number of carbonyl (C=O) groups is 2. The predicted octanol–water partition coefficient (Wildman–Crippen LogP) is 3.79. The number of ether oxygens (including phenoxy) is 1. The highest BCUT2D eigenvalue weighted by Crippen LogP contribution is 2.35. The minimum atomic E-state index is -0.512. The number of nitrogens with one attached hydrogen (secondary N) is 1. The maximum absolute atomic E-state index is 15.0. The van der Waals surface area contributed by atoms with E-state index in [9.17, 15) is 9.59 Å². The Labute approximate surface area is 176 Å². The molecule has 0 spiro atoms. The van der Waals surface area contributed by atoms with Crippen LogP contribution in [0.25, 0.3) is 0 Å². The third-order valence-electron chi connectivity index (χ3n) is 5.54. The Bertz CT molecular complexity index is 746. The van der Waals surface area contributed by atoms with Gasteiger partial charge in [-0.2, -0.15) is 11.8 Å². The highest BCUT2D eigenvalue weighted by atomic mass is 32.2. The van der Waals surface area contributed by atoms with E-state index in [2.05, 4.69) is 23.4 Å². The molecule has 1 aromatic carbocycles. The molecule has 2 heterocycles. The van der Waals surface area contributed by atoms with Crippen molar-refractivity contribution in [2.75, 3.05) is 34.9 Å². The molecular formula is C21H30FN3O3S. The van der Waals surface area contributed by atoms with Gasteiger partial charge in [0.15, 0.2) is 0 Å². The summed E-state index contributed by atoms with van der Waals surface area (Å²) >= 11 is 1.78. The summed E-state index contributed by atoms with van der Waals surface area (Å²) in [6, 6.07) is 5.58.